The molecule has 2 aromatic carbocycles. The van der Waals surface area contributed by atoms with Gasteiger partial charge in [0.2, 0.25) is 0 Å². The number of fused-ring (bicyclic) bond motifs is 1. The summed E-state index contributed by atoms with van der Waals surface area (Å²) >= 11 is 6.04. The molecular formula is C18H18ClNO3. The normalized spacial score (nSPS) is 14.2. The summed E-state index contributed by atoms with van der Waals surface area (Å²) in [6, 6.07) is 12.7. The summed E-state index contributed by atoms with van der Waals surface area (Å²) in [6.45, 7) is 3.01. The predicted octanol–water partition coefficient (Wildman–Crippen LogP) is 3.94. The highest BCUT2D eigenvalue weighted by Gasteiger charge is 2.21. The number of halogens is 1. The topological polar surface area (TPSA) is 38.8 Å². The Bertz CT molecular complexity index is 732. The summed E-state index contributed by atoms with van der Waals surface area (Å²) < 4.78 is 11.0. The molecule has 2 aromatic rings. The third kappa shape index (κ3) is 3.27. The van der Waals surface area contributed by atoms with Gasteiger partial charge in [0, 0.05) is 17.6 Å². The second-order valence-corrected chi connectivity index (χ2v) is 5.94. The summed E-state index contributed by atoms with van der Waals surface area (Å²) in [5.74, 6) is 1.22. The molecule has 23 heavy (non-hydrogen) atoms. The van der Waals surface area contributed by atoms with E-state index in [9.17, 15) is 4.79 Å². The van der Waals surface area contributed by atoms with Crippen LogP contribution in [0, 0.1) is 0 Å². The van der Waals surface area contributed by atoms with Gasteiger partial charge in [0.05, 0.1) is 6.04 Å². The Balaban J connectivity index is 1.82. The molecule has 0 N–H and O–H groups in total. The fourth-order valence-electron chi connectivity index (χ4n) is 2.55. The number of rotatable bonds is 3. The van der Waals surface area contributed by atoms with Gasteiger partial charge in [-0.25, -0.2) is 0 Å². The first-order valence-electron chi connectivity index (χ1n) is 7.48. The third-order valence-electron chi connectivity index (χ3n) is 4.02. The number of nitrogens with zero attached hydrogens (tertiary/aromatic N) is 1. The van der Waals surface area contributed by atoms with Gasteiger partial charge in [-0.2, -0.15) is 0 Å². The van der Waals surface area contributed by atoms with Crippen molar-refractivity contribution in [1.29, 1.82) is 0 Å². The van der Waals surface area contributed by atoms with Crippen molar-refractivity contribution in [3.05, 3.63) is 58.6 Å². The largest absolute Gasteiger partial charge is 0.486 e. The lowest BCUT2D eigenvalue weighted by atomic mass is 10.1. The van der Waals surface area contributed by atoms with Crippen LogP contribution in [0.1, 0.15) is 28.9 Å². The van der Waals surface area contributed by atoms with Crippen molar-refractivity contribution < 1.29 is 14.3 Å². The van der Waals surface area contributed by atoms with Crippen molar-refractivity contribution in [1.82, 2.24) is 4.90 Å². The van der Waals surface area contributed by atoms with Crippen LogP contribution in [0.25, 0.3) is 0 Å². The van der Waals surface area contributed by atoms with E-state index in [2.05, 4.69) is 0 Å². The van der Waals surface area contributed by atoms with Crippen molar-refractivity contribution >= 4 is 17.5 Å². The average Bonchev–Trinajstić information content (AvgIpc) is 2.59. The van der Waals surface area contributed by atoms with E-state index >= 15 is 0 Å². The Morgan fingerprint density at radius 3 is 2.61 bits per heavy atom. The quantitative estimate of drug-likeness (QED) is 0.855. The van der Waals surface area contributed by atoms with Gasteiger partial charge < -0.3 is 14.4 Å². The fraction of sp³-hybridized carbons (Fsp3) is 0.278. The maximum Gasteiger partial charge on any atom is 0.254 e. The second-order valence-electron chi connectivity index (χ2n) is 5.51. The van der Waals surface area contributed by atoms with Crippen LogP contribution < -0.4 is 9.47 Å². The highest BCUT2D eigenvalue weighted by atomic mass is 35.5. The molecule has 0 saturated heterocycles. The highest BCUT2D eigenvalue weighted by molar-refractivity contribution is 6.30. The number of ether oxygens (including phenoxy) is 2. The molecule has 0 saturated carbocycles. The Labute approximate surface area is 140 Å². The number of carbonyl (C=O) groups excluding carboxylic acids is 1. The lowest BCUT2D eigenvalue weighted by molar-refractivity contribution is 0.0741. The van der Waals surface area contributed by atoms with Crippen LogP contribution in [0.3, 0.4) is 0 Å². The summed E-state index contributed by atoms with van der Waals surface area (Å²) in [5, 5.41) is 0.662. The molecule has 4 nitrogen and oxygen atoms in total. The molecule has 1 amide bonds. The molecule has 1 unspecified atom stereocenters. The molecule has 120 valence electrons. The van der Waals surface area contributed by atoms with Crippen molar-refractivity contribution in [3.8, 4) is 11.5 Å². The van der Waals surface area contributed by atoms with Crippen LogP contribution in [0.2, 0.25) is 5.02 Å². The van der Waals surface area contributed by atoms with Crippen LogP contribution in [0.5, 0.6) is 11.5 Å². The standard InChI is InChI=1S/C18H18ClNO3/c1-12(13-4-3-5-15(19)10-13)20(2)18(21)14-6-7-16-17(11-14)23-9-8-22-16/h3-7,10-12H,8-9H2,1-2H3. The van der Waals surface area contributed by atoms with Gasteiger partial charge >= 0.3 is 0 Å². The van der Waals surface area contributed by atoms with E-state index in [-0.39, 0.29) is 11.9 Å². The maximum absolute atomic E-state index is 12.7. The van der Waals surface area contributed by atoms with Gasteiger partial charge in [-0.15, -0.1) is 0 Å². The molecule has 0 spiro atoms. The van der Waals surface area contributed by atoms with E-state index in [1.807, 2.05) is 31.2 Å². The molecule has 5 heteroatoms. The molecular weight excluding hydrogens is 314 g/mol. The summed E-state index contributed by atoms with van der Waals surface area (Å²) in [6.07, 6.45) is 0. The van der Waals surface area contributed by atoms with Crippen LogP contribution in [0.4, 0.5) is 0 Å². The summed E-state index contributed by atoms with van der Waals surface area (Å²) in [4.78, 5) is 14.4. The Kier molecular flexibility index (Phi) is 4.44. The Morgan fingerprint density at radius 1 is 1.13 bits per heavy atom. The zero-order valence-corrected chi connectivity index (χ0v) is 13.8. The molecule has 0 radical (unpaired) electrons. The summed E-state index contributed by atoms with van der Waals surface area (Å²) in [5.41, 5.74) is 1.57. The first-order chi connectivity index (χ1) is 11.1. The van der Waals surface area contributed by atoms with Crippen LogP contribution >= 0.6 is 11.6 Å². The number of hydrogen-bond donors (Lipinski definition) is 0. The molecule has 1 heterocycles. The average molecular weight is 332 g/mol. The Morgan fingerprint density at radius 2 is 1.87 bits per heavy atom. The van der Waals surface area contributed by atoms with E-state index in [1.54, 1.807) is 30.1 Å². The molecule has 0 aliphatic carbocycles. The van der Waals surface area contributed by atoms with E-state index < -0.39 is 0 Å². The smallest absolute Gasteiger partial charge is 0.254 e. The predicted molar refractivity (Wildman–Crippen MR) is 89.4 cm³/mol. The lowest BCUT2D eigenvalue weighted by Crippen LogP contribution is -2.29. The van der Waals surface area contributed by atoms with Crippen molar-refractivity contribution in [2.45, 2.75) is 13.0 Å². The minimum Gasteiger partial charge on any atom is -0.486 e. The van der Waals surface area contributed by atoms with Crippen molar-refractivity contribution in [2.24, 2.45) is 0 Å². The second kappa shape index (κ2) is 6.50. The van der Waals surface area contributed by atoms with Gasteiger partial charge in [0.1, 0.15) is 13.2 Å². The van der Waals surface area contributed by atoms with E-state index in [1.165, 1.54) is 0 Å². The van der Waals surface area contributed by atoms with Crippen LogP contribution in [-0.4, -0.2) is 31.1 Å². The molecule has 1 atom stereocenters. The minimum absolute atomic E-state index is 0.0746. The fourth-order valence-corrected chi connectivity index (χ4v) is 2.74. The Hall–Kier alpha value is -2.20. The van der Waals surface area contributed by atoms with Crippen molar-refractivity contribution in [3.63, 3.8) is 0 Å². The first kappa shape index (κ1) is 15.7. The number of amides is 1. The van der Waals surface area contributed by atoms with Gasteiger partial charge in [-0.3, -0.25) is 4.79 Å². The highest BCUT2D eigenvalue weighted by Crippen LogP contribution is 2.32. The van der Waals surface area contributed by atoms with Crippen LogP contribution in [0.15, 0.2) is 42.5 Å². The number of hydrogen-bond acceptors (Lipinski definition) is 3. The zero-order valence-electron chi connectivity index (χ0n) is 13.1. The lowest BCUT2D eigenvalue weighted by Gasteiger charge is -2.26. The third-order valence-corrected chi connectivity index (χ3v) is 4.26. The molecule has 1 aliphatic heterocycles. The molecule has 3 rings (SSSR count). The maximum atomic E-state index is 12.7. The molecule has 0 aromatic heterocycles. The van der Waals surface area contributed by atoms with Gasteiger partial charge in [-0.05, 0) is 42.8 Å². The minimum atomic E-state index is -0.0885. The van der Waals surface area contributed by atoms with E-state index in [0.717, 1.165) is 5.56 Å². The first-order valence-corrected chi connectivity index (χ1v) is 7.86. The molecule has 1 aliphatic rings. The monoisotopic (exact) mass is 331 g/mol. The molecule has 0 fully saturated rings. The van der Waals surface area contributed by atoms with Gasteiger partial charge in [-0.1, -0.05) is 23.7 Å². The number of benzene rings is 2. The number of carbonyl (C=O) groups is 1. The zero-order chi connectivity index (χ0) is 16.4. The van der Waals surface area contributed by atoms with E-state index in [0.29, 0.717) is 35.3 Å². The van der Waals surface area contributed by atoms with E-state index in [4.69, 9.17) is 21.1 Å². The van der Waals surface area contributed by atoms with Crippen molar-refractivity contribution in [2.75, 3.05) is 20.3 Å². The summed E-state index contributed by atoms with van der Waals surface area (Å²) in [7, 11) is 1.78. The van der Waals surface area contributed by atoms with Gasteiger partial charge in [0.15, 0.2) is 11.5 Å². The SMILES string of the molecule is CC(c1cccc(Cl)c1)N(C)C(=O)c1ccc2c(c1)OCCO2. The van der Waals surface area contributed by atoms with Crippen LogP contribution in [-0.2, 0) is 0 Å². The molecule has 0 bridgehead atoms. The van der Waals surface area contributed by atoms with Gasteiger partial charge in [0.25, 0.3) is 5.91 Å².